The third-order valence-electron chi connectivity index (χ3n) is 2.44. The molecule has 0 amide bonds. The summed E-state index contributed by atoms with van der Waals surface area (Å²) >= 11 is 5.48. The van der Waals surface area contributed by atoms with E-state index in [0.717, 1.165) is 12.1 Å². The van der Waals surface area contributed by atoms with Gasteiger partial charge in [-0.2, -0.15) is 13.2 Å². The molecule has 1 aliphatic rings. The summed E-state index contributed by atoms with van der Waals surface area (Å²) in [4.78, 5) is -0.786. The van der Waals surface area contributed by atoms with Crippen LogP contribution in [0, 0.1) is 0 Å². The van der Waals surface area contributed by atoms with E-state index in [2.05, 4.69) is 4.72 Å². The van der Waals surface area contributed by atoms with Crippen molar-refractivity contribution >= 4 is 21.6 Å². The van der Waals surface area contributed by atoms with Crippen LogP contribution in [0.2, 0.25) is 5.02 Å². The van der Waals surface area contributed by atoms with Gasteiger partial charge in [-0.3, -0.25) is 0 Å². The fraction of sp³-hybridized carbons (Fsp3) is 0.400. The molecule has 0 radical (unpaired) electrons. The summed E-state index contributed by atoms with van der Waals surface area (Å²) in [5, 5.41) is -0.160. The Bertz CT molecular complexity index is 567. The van der Waals surface area contributed by atoms with Gasteiger partial charge >= 0.3 is 6.18 Å². The van der Waals surface area contributed by atoms with Crippen LogP contribution in [0.5, 0.6) is 0 Å². The van der Waals surface area contributed by atoms with Crippen molar-refractivity contribution in [2.45, 2.75) is 30.0 Å². The number of halogens is 4. The lowest BCUT2D eigenvalue weighted by Crippen LogP contribution is -2.28. The van der Waals surface area contributed by atoms with Gasteiger partial charge in [-0.15, -0.1) is 0 Å². The first-order valence-corrected chi connectivity index (χ1v) is 6.95. The zero-order valence-electron chi connectivity index (χ0n) is 8.96. The first kappa shape index (κ1) is 13.6. The van der Waals surface area contributed by atoms with Gasteiger partial charge in [-0.1, -0.05) is 11.6 Å². The van der Waals surface area contributed by atoms with Gasteiger partial charge in [-0.05, 0) is 31.0 Å². The van der Waals surface area contributed by atoms with Gasteiger partial charge < -0.3 is 0 Å². The molecule has 0 aromatic heterocycles. The minimum atomic E-state index is -4.77. The number of benzene rings is 1. The Kier molecular flexibility index (Phi) is 3.33. The van der Waals surface area contributed by atoms with Gasteiger partial charge in [0.05, 0.1) is 10.5 Å². The Balaban J connectivity index is 2.49. The smallest absolute Gasteiger partial charge is 0.208 e. The number of hydrogen-bond donors (Lipinski definition) is 1. The summed E-state index contributed by atoms with van der Waals surface area (Å²) in [7, 11) is -4.16. The van der Waals surface area contributed by atoms with Crippen molar-refractivity contribution in [3.05, 3.63) is 28.8 Å². The average molecular weight is 300 g/mol. The molecule has 18 heavy (non-hydrogen) atoms. The molecule has 0 heterocycles. The maximum absolute atomic E-state index is 12.8. The van der Waals surface area contributed by atoms with E-state index in [1.54, 1.807) is 0 Å². The van der Waals surface area contributed by atoms with Crippen LogP contribution < -0.4 is 4.72 Å². The van der Waals surface area contributed by atoms with E-state index in [1.165, 1.54) is 0 Å². The SMILES string of the molecule is O=S(=O)(NC1CC1)c1ccc(Cl)cc1C(F)(F)F. The van der Waals surface area contributed by atoms with E-state index in [4.69, 9.17) is 11.6 Å². The van der Waals surface area contributed by atoms with E-state index in [1.807, 2.05) is 0 Å². The van der Waals surface area contributed by atoms with Crippen LogP contribution in [0.4, 0.5) is 13.2 Å². The van der Waals surface area contributed by atoms with Gasteiger partial charge in [0.15, 0.2) is 0 Å². The van der Waals surface area contributed by atoms with Crippen molar-refractivity contribution in [3.63, 3.8) is 0 Å². The molecule has 0 bridgehead atoms. The average Bonchev–Trinajstić information content (AvgIpc) is 2.99. The highest BCUT2D eigenvalue weighted by molar-refractivity contribution is 7.89. The molecule has 100 valence electrons. The Hall–Kier alpha value is -0.790. The molecule has 1 fully saturated rings. The topological polar surface area (TPSA) is 46.2 Å². The Morgan fingerprint density at radius 2 is 1.89 bits per heavy atom. The second-order valence-corrected chi connectivity index (χ2v) is 6.15. The van der Waals surface area contributed by atoms with E-state index >= 15 is 0 Å². The van der Waals surface area contributed by atoms with Crippen molar-refractivity contribution in [1.29, 1.82) is 0 Å². The molecular weight excluding hydrogens is 291 g/mol. The zero-order valence-corrected chi connectivity index (χ0v) is 10.5. The molecule has 1 saturated carbocycles. The summed E-state index contributed by atoms with van der Waals surface area (Å²) in [6, 6.07) is 2.35. The normalized spacial score (nSPS) is 16.9. The predicted octanol–water partition coefficient (Wildman–Crippen LogP) is 2.80. The molecule has 8 heteroatoms. The second-order valence-electron chi connectivity index (χ2n) is 4.03. The van der Waals surface area contributed by atoms with E-state index in [-0.39, 0.29) is 11.1 Å². The summed E-state index contributed by atoms with van der Waals surface area (Å²) < 4.78 is 64.1. The van der Waals surface area contributed by atoms with Crippen molar-refractivity contribution in [1.82, 2.24) is 4.72 Å². The highest BCUT2D eigenvalue weighted by Gasteiger charge is 2.38. The Morgan fingerprint density at radius 1 is 1.28 bits per heavy atom. The standard InChI is InChI=1S/C10H9ClF3NO2S/c11-6-1-4-9(8(5-6)10(12,13)14)18(16,17)15-7-2-3-7/h1,4-5,7,15H,2-3H2. The van der Waals surface area contributed by atoms with Crippen LogP contribution in [0.3, 0.4) is 0 Å². The molecule has 1 aliphatic carbocycles. The monoisotopic (exact) mass is 299 g/mol. The van der Waals surface area contributed by atoms with Crippen LogP contribution in [-0.2, 0) is 16.2 Å². The summed E-state index contributed by atoms with van der Waals surface area (Å²) in [5.41, 5.74) is -1.25. The van der Waals surface area contributed by atoms with Gasteiger partial charge in [0.2, 0.25) is 10.0 Å². The van der Waals surface area contributed by atoms with Crippen molar-refractivity contribution in [2.75, 3.05) is 0 Å². The van der Waals surface area contributed by atoms with Crippen LogP contribution >= 0.6 is 11.6 Å². The lowest BCUT2D eigenvalue weighted by atomic mass is 10.2. The molecule has 0 unspecified atom stereocenters. The Morgan fingerprint density at radius 3 is 2.39 bits per heavy atom. The number of nitrogens with one attached hydrogen (secondary N) is 1. The van der Waals surface area contributed by atoms with E-state index < -0.39 is 26.7 Å². The maximum Gasteiger partial charge on any atom is 0.417 e. The molecule has 1 aromatic carbocycles. The third-order valence-corrected chi connectivity index (χ3v) is 4.25. The fourth-order valence-electron chi connectivity index (χ4n) is 1.44. The van der Waals surface area contributed by atoms with Crippen LogP contribution in [0.15, 0.2) is 23.1 Å². The minimum Gasteiger partial charge on any atom is -0.208 e. The number of sulfonamides is 1. The van der Waals surface area contributed by atoms with Crippen molar-refractivity contribution in [3.8, 4) is 0 Å². The molecule has 3 nitrogen and oxygen atoms in total. The largest absolute Gasteiger partial charge is 0.417 e. The highest BCUT2D eigenvalue weighted by Crippen LogP contribution is 2.36. The van der Waals surface area contributed by atoms with Crippen molar-refractivity contribution in [2.24, 2.45) is 0 Å². The van der Waals surface area contributed by atoms with Gasteiger partial charge in [0.1, 0.15) is 0 Å². The predicted molar refractivity (Wildman–Crippen MR) is 59.8 cm³/mol. The van der Waals surface area contributed by atoms with E-state index in [9.17, 15) is 21.6 Å². The quantitative estimate of drug-likeness (QED) is 0.933. The molecule has 0 atom stereocenters. The number of alkyl halides is 3. The maximum atomic E-state index is 12.8. The van der Waals surface area contributed by atoms with Crippen LogP contribution in [0.1, 0.15) is 18.4 Å². The lowest BCUT2D eigenvalue weighted by molar-refractivity contribution is -0.139. The molecule has 0 aliphatic heterocycles. The molecule has 0 saturated heterocycles. The van der Waals surface area contributed by atoms with Gasteiger partial charge in [0.25, 0.3) is 0 Å². The molecule has 1 N–H and O–H groups in total. The summed E-state index contributed by atoms with van der Waals surface area (Å²) in [5.74, 6) is 0. The second kappa shape index (κ2) is 4.40. The number of rotatable bonds is 3. The summed E-state index contributed by atoms with van der Waals surface area (Å²) in [6.45, 7) is 0. The fourth-order valence-corrected chi connectivity index (χ4v) is 3.13. The third kappa shape index (κ3) is 2.96. The highest BCUT2D eigenvalue weighted by atomic mass is 35.5. The minimum absolute atomic E-state index is 0.160. The first-order chi connectivity index (χ1) is 8.20. The van der Waals surface area contributed by atoms with Crippen LogP contribution in [0.25, 0.3) is 0 Å². The van der Waals surface area contributed by atoms with Crippen LogP contribution in [-0.4, -0.2) is 14.5 Å². The van der Waals surface area contributed by atoms with Gasteiger partial charge in [0, 0.05) is 11.1 Å². The van der Waals surface area contributed by atoms with Crippen molar-refractivity contribution < 1.29 is 21.6 Å². The Labute approximate surface area is 107 Å². The first-order valence-electron chi connectivity index (χ1n) is 5.09. The lowest BCUT2D eigenvalue weighted by Gasteiger charge is -2.14. The summed E-state index contributed by atoms with van der Waals surface area (Å²) in [6.07, 6.45) is -3.47. The zero-order chi connectivity index (χ0) is 13.6. The molecular formula is C10H9ClF3NO2S. The molecule has 1 aromatic rings. The van der Waals surface area contributed by atoms with Gasteiger partial charge in [-0.25, -0.2) is 13.1 Å². The van der Waals surface area contributed by atoms with E-state index in [0.29, 0.717) is 18.9 Å². The molecule has 2 rings (SSSR count). The number of hydrogen-bond acceptors (Lipinski definition) is 2. The molecule has 0 spiro atoms.